The highest BCUT2D eigenvalue weighted by Gasteiger charge is 2.21. The number of nitrogens with one attached hydrogen (secondary N) is 1. The van der Waals surface area contributed by atoms with Crippen molar-refractivity contribution >= 4 is 16.5 Å². The molecule has 1 fully saturated rings. The lowest BCUT2D eigenvalue weighted by atomic mass is 10.2. The molecule has 5 nitrogen and oxygen atoms in total. The highest BCUT2D eigenvalue weighted by Crippen LogP contribution is 2.28. The van der Waals surface area contributed by atoms with Crippen LogP contribution in [0.25, 0.3) is 0 Å². The van der Waals surface area contributed by atoms with Crippen LogP contribution in [0.3, 0.4) is 0 Å². The first-order chi connectivity index (χ1) is 10.2. The van der Waals surface area contributed by atoms with Gasteiger partial charge in [0.15, 0.2) is 5.13 Å². The number of hydrogen-bond donors (Lipinski definition) is 1. The number of anilines is 1. The number of thiazole rings is 1. The van der Waals surface area contributed by atoms with Crippen molar-refractivity contribution in [3.63, 3.8) is 0 Å². The van der Waals surface area contributed by atoms with E-state index in [1.807, 2.05) is 11.3 Å². The molecular weight excluding hydrogens is 286 g/mol. The van der Waals surface area contributed by atoms with E-state index in [4.69, 9.17) is 14.5 Å². The molecule has 1 aromatic rings. The summed E-state index contributed by atoms with van der Waals surface area (Å²) < 4.78 is 10.7. The molecular formula is C15H27N3O2S. The molecule has 0 amide bonds. The van der Waals surface area contributed by atoms with Crippen LogP contribution >= 0.6 is 11.3 Å². The monoisotopic (exact) mass is 313 g/mol. The molecule has 0 aliphatic carbocycles. The number of methoxy groups -OCH3 is 1. The van der Waals surface area contributed by atoms with Crippen molar-refractivity contribution < 1.29 is 9.47 Å². The number of aryl methyl sites for hydroxylation is 1. The molecule has 1 N–H and O–H groups in total. The zero-order valence-electron chi connectivity index (χ0n) is 13.4. The molecule has 0 aromatic carbocycles. The second kappa shape index (κ2) is 8.68. The normalized spacial score (nSPS) is 19.2. The topological polar surface area (TPSA) is 46.6 Å². The van der Waals surface area contributed by atoms with Crippen molar-refractivity contribution in [2.24, 2.45) is 0 Å². The molecule has 0 spiro atoms. The van der Waals surface area contributed by atoms with Crippen molar-refractivity contribution in [2.75, 3.05) is 44.9 Å². The molecule has 1 unspecified atom stereocenters. The van der Waals surface area contributed by atoms with E-state index in [2.05, 4.69) is 24.1 Å². The summed E-state index contributed by atoms with van der Waals surface area (Å²) in [6.07, 6.45) is 2.48. The number of aromatic nitrogens is 1. The Morgan fingerprint density at radius 3 is 3.10 bits per heavy atom. The van der Waals surface area contributed by atoms with Crippen LogP contribution in [0.1, 0.15) is 30.8 Å². The summed E-state index contributed by atoms with van der Waals surface area (Å²) in [7, 11) is 1.73. The zero-order valence-corrected chi connectivity index (χ0v) is 14.2. The van der Waals surface area contributed by atoms with Crippen molar-refractivity contribution in [2.45, 2.75) is 39.3 Å². The minimum atomic E-state index is 0.292. The third-order valence-electron chi connectivity index (χ3n) is 3.53. The molecule has 1 saturated heterocycles. The van der Waals surface area contributed by atoms with Crippen LogP contribution in [0.5, 0.6) is 0 Å². The predicted molar refractivity (Wildman–Crippen MR) is 87.3 cm³/mol. The van der Waals surface area contributed by atoms with E-state index in [9.17, 15) is 0 Å². The molecule has 1 aromatic heterocycles. The molecule has 1 atom stereocenters. The van der Waals surface area contributed by atoms with Gasteiger partial charge in [0, 0.05) is 38.2 Å². The molecule has 1 aliphatic rings. The highest BCUT2D eigenvalue weighted by molar-refractivity contribution is 7.15. The van der Waals surface area contributed by atoms with Crippen LogP contribution in [-0.2, 0) is 22.4 Å². The fourth-order valence-electron chi connectivity index (χ4n) is 2.44. The third-order valence-corrected chi connectivity index (χ3v) is 4.69. The first-order valence-electron chi connectivity index (χ1n) is 7.79. The van der Waals surface area contributed by atoms with Gasteiger partial charge in [0.1, 0.15) is 0 Å². The van der Waals surface area contributed by atoms with Gasteiger partial charge in [-0.05, 0) is 13.3 Å². The van der Waals surface area contributed by atoms with Crippen molar-refractivity contribution in [1.29, 1.82) is 0 Å². The van der Waals surface area contributed by atoms with E-state index in [0.717, 1.165) is 57.4 Å². The zero-order chi connectivity index (χ0) is 15.1. The van der Waals surface area contributed by atoms with Crippen LogP contribution < -0.4 is 10.2 Å². The van der Waals surface area contributed by atoms with Gasteiger partial charge < -0.3 is 19.7 Å². The van der Waals surface area contributed by atoms with Crippen LogP contribution in [0.15, 0.2) is 0 Å². The van der Waals surface area contributed by atoms with Gasteiger partial charge in [-0.2, -0.15) is 0 Å². The summed E-state index contributed by atoms with van der Waals surface area (Å²) in [6, 6.07) is 0. The van der Waals surface area contributed by atoms with Crippen LogP contribution in [0, 0.1) is 0 Å². The number of nitrogens with zero attached hydrogens (tertiary/aromatic N) is 2. The maximum atomic E-state index is 5.61. The molecule has 1 aliphatic heterocycles. The van der Waals surface area contributed by atoms with Crippen LogP contribution in [0.4, 0.5) is 5.13 Å². The summed E-state index contributed by atoms with van der Waals surface area (Å²) in [5.41, 5.74) is 1.25. The van der Waals surface area contributed by atoms with Gasteiger partial charge in [0.05, 0.1) is 25.0 Å². The Kier molecular flexibility index (Phi) is 6.89. The highest BCUT2D eigenvalue weighted by atomic mass is 32.1. The quantitative estimate of drug-likeness (QED) is 0.744. The largest absolute Gasteiger partial charge is 0.383 e. The van der Waals surface area contributed by atoms with Crippen LogP contribution in [0.2, 0.25) is 0 Å². The van der Waals surface area contributed by atoms with E-state index in [1.54, 1.807) is 7.11 Å². The summed E-state index contributed by atoms with van der Waals surface area (Å²) in [5.74, 6) is 0. The molecule has 0 radical (unpaired) electrons. The summed E-state index contributed by atoms with van der Waals surface area (Å²) in [4.78, 5) is 8.60. The van der Waals surface area contributed by atoms with Gasteiger partial charge in [-0.15, -0.1) is 11.3 Å². The van der Waals surface area contributed by atoms with E-state index in [-0.39, 0.29) is 0 Å². The number of morpholine rings is 1. The second-order valence-corrected chi connectivity index (χ2v) is 6.48. The van der Waals surface area contributed by atoms with E-state index >= 15 is 0 Å². The number of rotatable bonds is 8. The Balaban J connectivity index is 2.01. The first-order valence-corrected chi connectivity index (χ1v) is 8.61. The molecule has 6 heteroatoms. The minimum absolute atomic E-state index is 0.292. The Hall–Kier alpha value is -0.690. The van der Waals surface area contributed by atoms with Gasteiger partial charge in [-0.1, -0.05) is 13.3 Å². The fourth-order valence-corrected chi connectivity index (χ4v) is 3.55. The third kappa shape index (κ3) is 4.92. The molecule has 120 valence electrons. The number of ether oxygens (including phenoxy) is 2. The molecule has 21 heavy (non-hydrogen) atoms. The van der Waals surface area contributed by atoms with Gasteiger partial charge in [0.2, 0.25) is 0 Å². The molecule has 2 rings (SSSR count). The van der Waals surface area contributed by atoms with Crippen molar-refractivity contribution in [1.82, 2.24) is 10.3 Å². The Morgan fingerprint density at radius 2 is 2.38 bits per heavy atom. The number of hydrogen-bond acceptors (Lipinski definition) is 6. The minimum Gasteiger partial charge on any atom is -0.383 e. The standard InChI is InChI=1S/C15H27N3O2S/c1-4-5-13-14(10-16-6-8-19-3)21-15(17-13)18-7-9-20-12(2)11-18/h12,16H,4-11H2,1-3H3. The summed E-state index contributed by atoms with van der Waals surface area (Å²) in [5, 5.41) is 4.58. The Labute approximate surface area is 131 Å². The summed E-state index contributed by atoms with van der Waals surface area (Å²) in [6.45, 7) is 9.52. The molecule has 2 heterocycles. The maximum Gasteiger partial charge on any atom is 0.185 e. The fraction of sp³-hybridized carbons (Fsp3) is 0.800. The SMILES string of the molecule is CCCc1nc(N2CCOC(C)C2)sc1CNCCOC. The van der Waals surface area contributed by atoms with Gasteiger partial charge >= 0.3 is 0 Å². The van der Waals surface area contributed by atoms with Gasteiger partial charge in [-0.25, -0.2) is 4.98 Å². The Bertz CT molecular complexity index is 425. The summed E-state index contributed by atoms with van der Waals surface area (Å²) >= 11 is 1.82. The maximum absolute atomic E-state index is 5.61. The smallest absolute Gasteiger partial charge is 0.185 e. The van der Waals surface area contributed by atoms with Crippen molar-refractivity contribution in [3.05, 3.63) is 10.6 Å². The second-order valence-electron chi connectivity index (χ2n) is 5.41. The lowest BCUT2D eigenvalue weighted by Gasteiger charge is -2.30. The Morgan fingerprint density at radius 1 is 1.52 bits per heavy atom. The molecule has 0 saturated carbocycles. The lowest BCUT2D eigenvalue weighted by Crippen LogP contribution is -2.41. The van der Waals surface area contributed by atoms with Crippen molar-refractivity contribution in [3.8, 4) is 0 Å². The average molecular weight is 313 g/mol. The van der Waals surface area contributed by atoms with E-state index < -0.39 is 0 Å². The lowest BCUT2D eigenvalue weighted by molar-refractivity contribution is 0.0532. The van der Waals surface area contributed by atoms with Gasteiger partial charge in [0.25, 0.3) is 0 Å². The van der Waals surface area contributed by atoms with Crippen LogP contribution in [-0.4, -0.2) is 51.0 Å². The average Bonchev–Trinajstić information content (AvgIpc) is 2.87. The van der Waals surface area contributed by atoms with E-state index in [1.165, 1.54) is 10.6 Å². The first kappa shape index (κ1) is 16.7. The van der Waals surface area contributed by atoms with E-state index in [0.29, 0.717) is 6.10 Å². The molecule has 0 bridgehead atoms. The van der Waals surface area contributed by atoms with Gasteiger partial charge in [-0.3, -0.25) is 0 Å². The predicted octanol–water partition coefficient (Wildman–Crippen LogP) is 2.06.